The highest BCUT2D eigenvalue weighted by Crippen LogP contribution is 2.31. The van der Waals surface area contributed by atoms with E-state index in [1.807, 2.05) is 6.08 Å². The van der Waals surface area contributed by atoms with Crippen molar-refractivity contribution < 1.29 is 28.6 Å². The number of imide groups is 1. The van der Waals surface area contributed by atoms with Crippen LogP contribution in [0.4, 0.5) is 15.4 Å². The molecular weight excluding hydrogens is 430 g/mol. The van der Waals surface area contributed by atoms with Gasteiger partial charge in [0.25, 0.3) is 0 Å². The van der Waals surface area contributed by atoms with Crippen LogP contribution < -0.4 is 4.90 Å². The number of amides is 2. The Morgan fingerprint density at radius 3 is 2.12 bits per heavy atom. The highest BCUT2D eigenvalue weighted by molar-refractivity contribution is 6.12. The molecule has 0 spiro atoms. The van der Waals surface area contributed by atoms with Crippen molar-refractivity contribution in [2.24, 2.45) is 0 Å². The number of carbonyl (C=O) groups is 3. The lowest BCUT2D eigenvalue weighted by Crippen LogP contribution is -2.44. The average Bonchev–Trinajstić information content (AvgIpc) is 3.25. The Labute approximate surface area is 191 Å². The predicted octanol–water partition coefficient (Wildman–Crippen LogP) is 3.94. The van der Waals surface area contributed by atoms with E-state index in [2.05, 4.69) is 15.0 Å². The van der Waals surface area contributed by atoms with E-state index < -0.39 is 23.4 Å². The first-order chi connectivity index (χ1) is 15.2. The molecular formula is C22H29N5O6. The summed E-state index contributed by atoms with van der Waals surface area (Å²) in [5.41, 5.74) is -1.10. The molecule has 0 radical (unpaired) electrons. The van der Waals surface area contributed by atoms with Gasteiger partial charge in [-0.15, -0.1) is 0 Å². The Kier molecular flexibility index (Phi) is 6.44. The van der Waals surface area contributed by atoms with Crippen molar-refractivity contribution in [3.63, 3.8) is 0 Å². The molecule has 178 valence electrons. The number of allylic oxidation sites excluding steroid dienone is 1. The van der Waals surface area contributed by atoms with Crippen molar-refractivity contribution in [1.29, 1.82) is 0 Å². The highest BCUT2D eigenvalue weighted by atomic mass is 16.6. The summed E-state index contributed by atoms with van der Waals surface area (Å²) in [6, 6.07) is -0.182. The molecule has 2 heterocycles. The zero-order valence-electron chi connectivity index (χ0n) is 19.9. The summed E-state index contributed by atoms with van der Waals surface area (Å²) in [5, 5.41) is 0. The van der Waals surface area contributed by atoms with Crippen molar-refractivity contribution >= 4 is 35.1 Å². The zero-order chi connectivity index (χ0) is 24.6. The molecule has 0 unspecified atom stereocenters. The summed E-state index contributed by atoms with van der Waals surface area (Å²) in [7, 11) is 0. The maximum Gasteiger partial charge on any atom is 0.425 e. The van der Waals surface area contributed by atoms with Gasteiger partial charge in [-0.3, -0.25) is 4.79 Å². The molecule has 1 aliphatic rings. The van der Waals surface area contributed by atoms with Crippen LogP contribution in [0.15, 0.2) is 24.8 Å². The van der Waals surface area contributed by atoms with Gasteiger partial charge in [-0.05, 0) is 47.6 Å². The molecule has 11 heteroatoms. The fourth-order valence-corrected chi connectivity index (χ4v) is 3.26. The smallest absolute Gasteiger partial charge is 0.425 e. The monoisotopic (exact) mass is 459 g/mol. The molecule has 0 aliphatic heterocycles. The minimum absolute atomic E-state index is 0.0548. The lowest BCUT2D eigenvalue weighted by Gasteiger charge is -2.28. The SMILES string of the molecule is CC(=O)O[C@H]1C=C[C@@H](n2cnc3c(N(C(=O)OC(C)(C)C)C(=O)OC(C)(C)C)ncnc32)C1. The second-order valence-corrected chi connectivity index (χ2v) is 9.65. The summed E-state index contributed by atoms with van der Waals surface area (Å²) in [6.45, 7) is 11.5. The first-order valence-corrected chi connectivity index (χ1v) is 10.5. The van der Waals surface area contributed by atoms with Crippen LogP contribution in [-0.4, -0.2) is 55.0 Å². The topological polar surface area (TPSA) is 126 Å². The Balaban J connectivity index is 2.00. The van der Waals surface area contributed by atoms with E-state index in [9.17, 15) is 14.4 Å². The van der Waals surface area contributed by atoms with Crippen molar-refractivity contribution in [3.05, 3.63) is 24.8 Å². The second-order valence-electron chi connectivity index (χ2n) is 9.65. The first kappa shape index (κ1) is 24.1. The van der Waals surface area contributed by atoms with Crippen molar-refractivity contribution in [1.82, 2.24) is 19.5 Å². The maximum atomic E-state index is 13.0. The standard InChI is InChI=1S/C22H29N5O6/c1-13(28)31-15-9-8-14(10-15)26-12-25-16-17(26)23-11-24-18(16)27(19(29)32-21(2,3)4)20(30)33-22(5,6)7/h8-9,11-12,14-15H,10H2,1-7H3/t14-,15+/m1/s1. The first-order valence-electron chi connectivity index (χ1n) is 10.5. The Bertz CT molecular complexity index is 1070. The molecule has 2 aromatic rings. The lowest BCUT2D eigenvalue weighted by molar-refractivity contribution is -0.144. The number of nitrogens with zero attached hydrogens (tertiary/aromatic N) is 5. The molecule has 33 heavy (non-hydrogen) atoms. The third-order valence-corrected chi connectivity index (χ3v) is 4.40. The summed E-state index contributed by atoms with van der Waals surface area (Å²) in [6.07, 6.45) is 4.72. The van der Waals surface area contributed by atoms with Crippen molar-refractivity contribution in [2.45, 2.75) is 78.2 Å². The number of anilines is 1. The summed E-state index contributed by atoms with van der Waals surface area (Å²) >= 11 is 0. The van der Waals surface area contributed by atoms with Gasteiger partial charge >= 0.3 is 18.2 Å². The Hall–Kier alpha value is -3.50. The minimum Gasteiger partial charge on any atom is -0.458 e. The molecule has 3 rings (SSSR count). The molecule has 0 bridgehead atoms. The van der Waals surface area contributed by atoms with Crippen LogP contribution in [0.1, 0.15) is 60.9 Å². The van der Waals surface area contributed by atoms with E-state index in [1.54, 1.807) is 52.2 Å². The van der Waals surface area contributed by atoms with Crippen LogP contribution in [0.5, 0.6) is 0 Å². The van der Waals surface area contributed by atoms with Gasteiger partial charge in [0, 0.05) is 13.3 Å². The van der Waals surface area contributed by atoms with Crippen LogP contribution in [-0.2, 0) is 19.0 Å². The van der Waals surface area contributed by atoms with E-state index in [1.165, 1.54) is 19.6 Å². The van der Waals surface area contributed by atoms with Crippen molar-refractivity contribution in [2.75, 3.05) is 4.90 Å². The van der Waals surface area contributed by atoms with E-state index in [-0.39, 0.29) is 29.4 Å². The van der Waals surface area contributed by atoms with Gasteiger partial charge in [0.2, 0.25) is 0 Å². The number of esters is 1. The van der Waals surface area contributed by atoms with Crippen molar-refractivity contribution in [3.8, 4) is 0 Å². The number of hydrogen-bond acceptors (Lipinski definition) is 9. The molecule has 0 fully saturated rings. The largest absolute Gasteiger partial charge is 0.458 e. The molecule has 2 aromatic heterocycles. The fourth-order valence-electron chi connectivity index (χ4n) is 3.26. The van der Waals surface area contributed by atoms with Gasteiger partial charge in [-0.1, -0.05) is 6.08 Å². The number of fused-ring (bicyclic) bond motifs is 1. The van der Waals surface area contributed by atoms with E-state index >= 15 is 0 Å². The number of carbonyl (C=O) groups excluding carboxylic acids is 3. The molecule has 0 saturated carbocycles. The average molecular weight is 460 g/mol. The summed E-state index contributed by atoms with van der Waals surface area (Å²) in [5.74, 6) is -0.420. The Morgan fingerprint density at radius 2 is 1.58 bits per heavy atom. The number of imidazole rings is 1. The fraction of sp³-hybridized carbons (Fsp3) is 0.545. The molecule has 1 aliphatic carbocycles. The normalized spacial score (nSPS) is 18.3. The molecule has 0 N–H and O–H groups in total. The quantitative estimate of drug-likeness (QED) is 0.381. The van der Waals surface area contributed by atoms with Crippen LogP contribution >= 0.6 is 0 Å². The number of aromatic nitrogens is 4. The number of rotatable bonds is 3. The highest BCUT2D eigenvalue weighted by Gasteiger charge is 2.36. The maximum absolute atomic E-state index is 13.0. The number of hydrogen-bond donors (Lipinski definition) is 0. The molecule has 2 atom stereocenters. The van der Waals surface area contributed by atoms with Gasteiger partial charge < -0.3 is 18.8 Å². The van der Waals surface area contributed by atoms with E-state index in [0.29, 0.717) is 12.1 Å². The van der Waals surface area contributed by atoms with Gasteiger partial charge in [-0.2, -0.15) is 4.90 Å². The predicted molar refractivity (Wildman–Crippen MR) is 119 cm³/mol. The molecule has 2 amide bonds. The lowest BCUT2D eigenvalue weighted by atomic mass is 10.2. The van der Waals surface area contributed by atoms with Crippen LogP contribution in [0.25, 0.3) is 11.2 Å². The molecule has 0 saturated heterocycles. The Morgan fingerprint density at radius 1 is 0.970 bits per heavy atom. The van der Waals surface area contributed by atoms with Crippen LogP contribution in [0.3, 0.4) is 0 Å². The minimum atomic E-state index is -0.943. The summed E-state index contributed by atoms with van der Waals surface area (Å²) < 4.78 is 17.9. The van der Waals surface area contributed by atoms with E-state index in [0.717, 1.165) is 4.90 Å². The summed E-state index contributed by atoms with van der Waals surface area (Å²) in [4.78, 5) is 50.8. The third kappa shape index (κ3) is 5.85. The molecule has 11 nitrogen and oxygen atoms in total. The van der Waals surface area contributed by atoms with Crippen LogP contribution in [0.2, 0.25) is 0 Å². The van der Waals surface area contributed by atoms with Gasteiger partial charge in [0.15, 0.2) is 17.0 Å². The zero-order valence-corrected chi connectivity index (χ0v) is 19.9. The van der Waals surface area contributed by atoms with Crippen LogP contribution in [0, 0.1) is 0 Å². The second kappa shape index (κ2) is 8.80. The van der Waals surface area contributed by atoms with E-state index in [4.69, 9.17) is 14.2 Å². The van der Waals surface area contributed by atoms with Gasteiger partial charge in [-0.25, -0.2) is 24.5 Å². The number of ether oxygens (including phenoxy) is 3. The van der Waals surface area contributed by atoms with Gasteiger partial charge in [0.1, 0.15) is 23.6 Å². The van der Waals surface area contributed by atoms with Gasteiger partial charge in [0.05, 0.1) is 12.4 Å². The molecule has 0 aromatic carbocycles. The third-order valence-electron chi connectivity index (χ3n) is 4.40.